The second-order valence-corrected chi connectivity index (χ2v) is 13.0. The van der Waals surface area contributed by atoms with Crippen LogP contribution in [0.2, 0.25) is 0 Å². The molecule has 1 aliphatic carbocycles. The van der Waals surface area contributed by atoms with E-state index >= 15 is 0 Å². The number of hydrogen-bond acceptors (Lipinski definition) is 5. The fraction of sp³-hybridized carbons (Fsp3) is 0. The predicted octanol–water partition coefficient (Wildman–Crippen LogP) is 11.8. The summed E-state index contributed by atoms with van der Waals surface area (Å²) in [5.74, 6) is 1.90. The van der Waals surface area contributed by atoms with Gasteiger partial charge in [0.1, 0.15) is 11.2 Å². The molecule has 3 aromatic heterocycles. The molecule has 0 saturated carbocycles. The minimum Gasteiger partial charge on any atom is -0.456 e. The summed E-state index contributed by atoms with van der Waals surface area (Å²) in [5.41, 5.74) is 11.6. The van der Waals surface area contributed by atoms with Crippen molar-refractivity contribution in [2.45, 2.75) is 0 Å². The monoisotopic (exact) mass is 650 g/mol. The maximum absolute atomic E-state index is 6.23. The van der Waals surface area contributed by atoms with E-state index in [1.54, 1.807) is 0 Å². The molecule has 0 saturated heterocycles. The highest BCUT2D eigenvalue weighted by molar-refractivity contribution is 6.16. The predicted molar refractivity (Wildman–Crippen MR) is 206 cm³/mol. The molecule has 0 unspecified atom stereocenters. The van der Waals surface area contributed by atoms with E-state index in [1.807, 2.05) is 60.9 Å². The van der Waals surface area contributed by atoms with Gasteiger partial charge in [0.05, 0.1) is 0 Å². The molecule has 5 nitrogen and oxygen atoms in total. The van der Waals surface area contributed by atoms with E-state index in [4.69, 9.17) is 19.4 Å². The first-order valence-corrected chi connectivity index (χ1v) is 17.0. The van der Waals surface area contributed by atoms with Crippen LogP contribution in [0, 0.1) is 0 Å². The molecular formula is C46H26N4O. The Bertz CT molecular complexity index is 3030. The third-order valence-corrected chi connectivity index (χ3v) is 10.1. The first-order chi connectivity index (χ1) is 25.3. The van der Waals surface area contributed by atoms with Crippen LogP contribution in [0.5, 0.6) is 0 Å². The molecule has 11 rings (SSSR count). The van der Waals surface area contributed by atoms with Crippen molar-refractivity contribution in [3.8, 4) is 67.5 Å². The Morgan fingerprint density at radius 2 is 1.02 bits per heavy atom. The van der Waals surface area contributed by atoms with Crippen LogP contribution in [0.1, 0.15) is 0 Å². The van der Waals surface area contributed by atoms with Crippen molar-refractivity contribution in [1.29, 1.82) is 0 Å². The summed E-state index contributed by atoms with van der Waals surface area (Å²) in [6.45, 7) is 0. The molecule has 236 valence electrons. The molecule has 0 radical (unpaired) electrons. The summed E-state index contributed by atoms with van der Waals surface area (Å²) >= 11 is 0. The minimum absolute atomic E-state index is 0.629. The molecule has 0 atom stereocenters. The van der Waals surface area contributed by atoms with Crippen LogP contribution in [-0.2, 0) is 0 Å². The third kappa shape index (κ3) is 4.28. The molecule has 0 fully saturated rings. The number of furan rings is 1. The molecule has 5 heteroatoms. The lowest BCUT2D eigenvalue weighted by Gasteiger charge is -2.12. The lowest BCUT2D eigenvalue weighted by atomic mass is 9.94. The maximum Gasteiger partial charge on any atom is 0.164 e. The van der Waals surface area contributed by atoms with Crippen LogP contribution >= 0.6 is 0 Å². The fourth-order valence-corrected chi connectivity index (χ4v) is 7.81. The third-order valence-electron chi connectivity index (χ3n) is 10.1. The van der Waals surface area contributed by atoms with Gasteiger partial charge in [0.15, 0.2) is 17.5 Å². The summed E-state index contributed by atoms with van der Waals surface area (Å²) in [7, 11) is 0. The van der Waals surface area contributed by atoms with Gasteiger partial charge in [0, 0.05) is 56.2 Å². The van der Waals surface area contributed by atoms with Gasteiger partial charge in [-0.2, -0.15) is 0 Å². The van der Waals surface area contributed by atoms with Gasteiger partial charge >= 0.3 is 0 Å². The van der Waals surface area contributed by atoms with E-state index in [2.05, 4.69) is 102 Å². The number of para-hydroxylation sites is 1. The molecule has 1 aliphatic rings. The first-order valence-electron chi connectivity index (χ1n) is 17.0. The molecule has 3 heterocycles. The van der Waals surface area contributed by atoms with Crippen LogP contribution in [0.3, 0.4) is 0 Å². The summed E-state index contributed by atoms with van der Waals surface area (Å²) in [6.07, 6.45) is 3.90. The molecular weight excluding hydrogens is 625 g/mol. The average Bonchev–Trinajstić information content (AvgIpc) is 3.74. The molecule has 7 aromatic carbocycles. The van der Waals surface area contributed by atoms with Gasteiger partial charge < -0.3 is 4.42 Å². The quantitative estimate of drug-likeness (QED) is 0.190. The number of rotatable bonds is 4. The largest absolute Gasteiger partial charge is 0.456 e. The molecule has 0 spiro atoms. The zero-order valence-corrected chi connectivity index (χ0v) is 27.2. The SMILES string of the molecule is c1ccc(-c2nc(-c3ccc4c(c3)-c3cccc5cncc-4c35)nc(-c3ccc4c(-c5cccc6oc7ccccc7c56)cccc4c3)n2)cc1. The molecule has 0 aliphatic heterocycles. The summed E-state index contributed by atoms with van der Waals surface area (Å²) < 4.78 is 6.23. The topological polar surface area (TPSA) is 64.7 Å². The van der Waals surface area contributed by atoms with Crippen molar-refractivity contribution < 1.29 is 4.42 Å². The van der Waals surface area contributed by atoms with Crippen molar-refractivity contribution in [2.75, 3.05) is 0 Å². The highest BCUT2D eigenvalue weighted by Crippen LogP contribution is 2.48. The van der Waals surface area contributed by atoms with E-state index in [9.17, 15) is 0 Å². The number of benzene rings is 7. The van der Waals surface area contributed by atoms with Crippen LogP contribution in [0.25, 0.3) is 111 Å². The fourth-order valence-electron chi connectivity index (χ4n) is 7.81. The molecule has 10 aromatic rings. The number of hydrogen-bond donors (Lipinski definition) is 0. The van der Waals surface area contributed by atoms with Gasteiger partial charge in [-0.3, -0.25) is 4.98 Å². The van der Waals surface area contributed by atoms with E-state index < -0.39 is 0 Å². The van der Waals surface area contributed by atoms with Crippen molar-refractivity contribution in [2.24, 2.45) is 0 Å². The van der Waals surface area contributed by atoms with Crippen molar-refractivity contribution >= 4 is 43.5 Å². The van der Waals surface area contributed by atoms with Gasteiger partial charge in [-0.05, 0) is 62.9 Å². The van der Waals surface area contributed by atoms with E-state index in [1.165, 1.54) is 27.6 Å². The Morgan fingerprint density at radius 3 is 1.88 bits per heavy atom. The Hall–Kier alpha value is -6.98. The summed E-state index contributed by atoms with van der Waals surface area (Å²) in [6, 6.07) is 50.5. The molecule has 51 heavy (non-hydrogen) atoms. The Labute approximate surface area is 292 Å². The highest BCUT2D eigenvalue weighted by Gasteiger charge is 2.23. The van der Waals surface area contributed by atoms with E-state index in [-0.39, 0.29) is 0 Å². The van der Waals surface area contributed by atoms with Crippen LogP contribution in [0.15, 0.2) is 162 Å². The van der Waals surface area contributed by atoms with Crippen molar-refractivity contribution in [3.63, 3.8) is 0 Å². The molecule has 0 amide bonds. The Morgan fingerprint density at radius 1 is 0.353 bits per heavy atom. The van der Waals surface area contributed by atoms with Gasteiger partial charge in [-0.25, -0.2) is 15.0 Å². The highest BCUT2D eigenvalue weighted by atomic mass is 16.3. The lowest BCUT2D eigenvalue weighted by Crippen LogP contribution is -2.00. The zero-order valence-electron chi connectivity index (χ0n) is 27.2. The van der Waals surface area contributed by atoms with Crippen LogP contribution in [-0.4, -0.2) is 19.9 Å². The standard InChI is InChI=1S/C46H26N4O/c1-2-9-27(10-3-1)44-48-45(50-46(49-44)30-20-22-34-38(24-30)36-15-7-12-31-25-47-26-39(34)42(31)36)29-19-21-32-28(23-29)11-6-14-33(32)35-16-8-18-41-43(35)37-13-4-5-17-40(37)51-41/h1-26H. The van der Waals surface area contributed by atoms with Crippen LogP contribution < -0.4 is 0 Å². The second-order valence-electron chi connectivity index (χ2n) is 13.0. The van der Waals surface area contributed by atoms with Crippen molar-refractivity contribution in [3.05, 3.63) is 158 Å². The average molecular weight is 651 g/mol. The first kappa shape index (κ1) is 27.9. The van der Waals surface area contributed by atoms with E-state index in [0.717, 1.165) is 65.9 Å². The van der Waals surface area contributed by atoms with Crippen molar-refractivity contribution in [1.82, 2.24) is 19.9 Å². The zero-order chi connectivity index (χ0) is 33.5. The van der Waals surface area contributed by atoms with Gasteiger partial charge in [-0.1, -0.05) is 121 Å². The summed E-state index contributed by atoms with van der Waals surface area (Å²) in [4.78, 5) is 19.7. The van der Waals surface area contributed by atoms with Crippen LogP contribution in [0.4, 0.5) is 0 Å². The minimum atomic E-state index is 0.629. The number of nitrogens with zero attached hydrogens (tertiary/aromatic N) is 4. The Balaban J connectivity index is 1.07. The summed E-state index contributed by atoms with van der Waals surface area (Å²) in [5, 5.41) is 6.89. The number of pyridine rings is 1. The van der Waals surface area contributed by atoms with Gasteiger partial charge in [0.25, 0.3) is 0 Å². The lowest BCUT2D eigenvalue weighted by molar-refractivity contribution is 0.669. The van der Waals surface area contributed by atoms with E-state index in [0.29, 0.717) is 17.5 Å². The van der Waals surface area contributed by atoms with Gasteiger partial charge in [0.2, 0.25) is 0 Å². The normalized spacial score (nSPS) is 11.9. The van der Waals surface area contributed by atoms with Gasteiger partial charge in [-0.15, -0.1) is 0 Å². The number of fused-ring (bicyclic) bond motifs is 7. The smallest absolute Gasteiger partial charge is 0.164 e. The molecule has 0 bridgehead atoms. The second kappa shape index (κ2) is 10.8. The number of aromatic nitrogens is 4. The molecule has 0 N–H and O–H groups in total. The Kier molecular flexibility index (Phi) is 5.89. The maximum atomic E-state index is 6.23.